The van der Waals surface area contributed by atoms with Crippen LogP contribution >= 0.6 is 0 Å². The van der Waals surface area contributed by atoms with Crippen molar-refractivity contribution in [2.24, 2.45) is 11.5 Å². The zero-order chi connectivity index (χ0) is 8.85. The summed E-state index contributed by atoms with van der Waals surface area (Å²) in [4.78, 5) is 10.6. The van der Waals surface area contributed by atoms with Crippen LogP contribution in [0.15, 0.2) is 0 Å². The zero-order valence-corrected chi connectivity index (χ0v) is 10.2. The number of hydrogen-bond acceptors (Lipinski definition) is 3. The molecule has 4 nitrogen and oxygen atoms in total. The van der Waals surface area contributed by atoms with Crippen LogP contribution < -0.4 is 11.5 Å². The maximum Gasteiger partial charge on any atom is 0.146 e. The first-order chi connectivity index (χ1) is 5.04. The number of amidine groups is 1. The second kappa shape index (κ2) is 10.3. The van der Waals surface area contributed by atoms with Crippen molar-refractivity contribution in [3.8, 4) is 0 Å². The van der Waals surface area contributed by atoms with Gasteiger partial charge in [0.2, 0.25) is 0 Å². The molecule has 13 heavy (non-hydrogen) atoms. The zero-order valence-electron chi connectivity index (χ0n) is 7.34. The molecule has 5 N–H and O–H groups in total. The molecule has 1 atom stereocenters. The SMILES string of the molecule is C.CC(=O)C(N)CCCC(=N)N.[Y]. The first-order valence-corrected chi connectivity index (χ1v) is 3.63. The first-order valence-electron chi connectivity index (χ1n) is 3.63. The van der Waals surface area contributed by atoms with E-state index in [-0.39, 0.29) is 57.8 Å². The maximum atomic E-state index is 10.6. The minimum Gasteiger partial charge on any atom is -0.388 e. The molecule has 0 aliphatic carbocycles. The summed E-state index contributed by atoms with van der Waals surface area (Å²) in [5, 5.41) is 6.90. The Morgan fingerprint density at radius 3 is 2.31 bits per heavy atom. The molecule has 0 aliphatic heterocycles. The topological polar surface area (TPSA) is 93.0 Å². The molecule has 0 amide bonds. The normalized spacial score (nSPS) is 10.6. The summed E-state index contributed by atoms with van der Waals surface area (Å²) >= 11 is 0. The van der Waals surface area contributed by atoms with E-state index < -0.39 is 0 Å². The number of nitrogens with one attached hydrogen (secondary N) is 1. The Kier molecular flexibility index (Phi) is 14.9. The molecule has 0 rings (SSSR count). The monoisotopic (exact) mass is 262 g/mol. The molecule has 0 aromatic rings. The van der Waals surface area contributed by atoms with Crippen molar-refractivity contribution in [2.75, 3.05) is 0 Å². The van der Waals surface area contributed by atoms with Gasteiger partial charge < -0.3 is 11.5 Å². The van der Waals surface area contributed by atoms with Crippen molar-refractivity contribution in [3.63, 3.8) is 0 Å². The Morgan fingerprint density at radius 2 is 2.00 bits per heavy atom. The number of rotatable bonds is 5. The van der Waals surface area contributed by atoms with Crippen LogP contribution in [-0.4, -0.2) is 17.7 Å². The van der Waals surface area contributed by atoms with Gasteiger partial charge in [-0.15, -0.1) is 0 Å². The van der Waals surface area contributed by atoms with E-state index in [1.807, 2.05) is 0 Å². The summed E-state index contributed by atoms with van der Waals surface area (Å²) in [6, 6.07) is -0.380. The van der Waals surface area contributed by atoms with Gasteiger partial charge in [-0.05, 0) is 19.8 Å². The predicted octanol–water partition coefficient (Wildman–Crippen LogP) is 0.643. The molecule has 0 aliphatic rings. The molecule has 5 heteroatoms. The first kappa shape index (κ1) is 18.9. The molecular weight excluding hydrogens is 243 g/mol. The fraction of sp³-hybridized carbons (Fsp3) is 0.750. The van der Waals surface area contributed by atoms with Gasteiger partial charge in [0.15, 0.2) is 0 Å². The van der Waals surface area contributed by atoms with Gasteiger partial charge in [-0.2, -0.15) is 0 Å². The average Bonchev–Trinajstić information content (AvgIpc) is 1.86. The van der Waals surface area contributed by atoms with Gasteiger partial charge in [-0.1, -0.05) is 7.43 Å². The van der Waals surface area contributed by atoms with Gasteiger partial charge in [0.25, 0.3) is 0 Å². The summed E-state index contributed by atoms with van der Waals surface area (Å²) in [5.74, 6) is 0.148. The van der Waals surface area contributed by atoms with Crippen molar-refractivity contribution in [1.29, 1.82) is 5.41 Å². The Morgan fingerprint density at radius 1 is 1.54 bits per heavy atom. The van der Waals surface area contributed by atoms with Crippen molar-refractivity contribution >= 4 is 11.6 Å². The van der Waals surface area contributed by atoms with Crippen molar-refractivity contribution in [1.82, 2.24) is 0 Å². The molecule has 0 spiro atoms. The molecule has 0 heterocycles. The molecule has 0 saturated heterocycles. The summed E-state index contributed by atoms with van der Waals surface area (Å²) in [6.45, 7) is 1.47. The molecule has 0 fully saturated rings. The fourth-order valence-corrected chi connectivity index (χ4v) is 0.716. The van der Waals surface area contributed by atoms with Crippen LogP contribution in [0.2, 0.25) is 0 Å². The van der Waals surface area contributed by atoms with E-state index in [1.165, 1.54) is 6.92 Å². The number of ketones is 1. The summed E-state index contributed by atoms with van der Waals surface area (Å²) in [5.41, 5.74) is 10.6. The number of carbonyl (C=O) groups excluding carboxylic acids is 1. The molecule has 75 valence electrons. The molecule has 0 aromatic carbocycles. The van der Waals surface area contributed by atoms with Crippen LogP contribution in [0, 0.1) is 5.41 Å². The number of Topliss-reactive ketones (excluding diaryl/α,β-unsaturated/α-hetero) is 1. The third-order valence-electron chi connectivity index (χ3n) is 1.48. The van der Waals surface area contributed by atoms with E-state index in [4.69, 9.17) is 16.9 Å². The molecule has 1 unspecified atom stereocenters. The molecule has 1 radical (unpaired) electrons. The Balaban J connectivity index is -0.000000500. The fourth-order valence-electron chi connectivity index (χ4n) is 0.716. The third-order valence-corrected chi connectivity index (χ3v) is 1.48. The number of hydrogen-bond donors (Lipinski definition) is 3. The van der Waals surface area contributed by atoms with Crippen molar-refractivity contribution in [3.05, 3.63) is 0 Å². The van der Waals surface area contributed by atoms with Gasteiger partial charge in [0, 0.05) is 39.1 Å². The van der Waals surface area contributed by atoms with E-state index in [0.29, 0.717) is 12.8 Å². The van der Waals surface area contributed by atoms with Crippen LogP contribution in [0.5, 0.6) is 0 Å². The Bertz CT molecular complexity index is 161. The van der Waals surface area contributed by atoms with Gasteiger partial charge in [-0.25, -0.2) is 0 Å². The van der Waals surface area contributed by atoms with Crippen molar-refractivity contribution < 1.29 is 37.5 Å². The third kappa shape index (κ3) is 12.2. The molecule has 0 aromatic heterocycles. The molecule has 0 saturated carbocycles. The minimum absolute atomic E-state index is 0. The van der Waals surface area contributed by atoms with Crippen LogP contribution in [0.4, 0.5) is 0 Å². The largest absolute Gasteiger partial charge is 0.388 e. The Hall–Kier alpha value is 0.204. The van der Waals surface area contributed by atoms with E-state index in [0.717, 1.165) is 6.42 Å². The average molecular weight is 262 g/mol. The quantitative estimate of drug-likeness (QED) is 0.501. The predicted molar refractivity (Wildman–Crippen MR) is 51.2 cm³/mol. The standard InChI is InChI=1S/C7H15N3O.CH4.Y/c1-5(11)6(8)3-2-4-7(9)10;;/h6H,2-4,8H2,1H3,(H3,9,10);1H4;. The second-order valence-corrected chi connectivity index (χ2v) is 2.63. The maximum absolute atomic E-state index is 10.6. The number of nitrogens with two attached hydrogens (primary N) is 2. The molecule has 0 bridgehead atoms. The van der Waals surface area contributed by atoms with E-state index in [9.17, 15) is 4.79 Å². The second-order valence-electron chi connectivity index (χ2n) is 2.63. The van der Waals surface area contributed by atoms with Crippen LogP contribution in [-0.2, 0) is 37.5 Å². The van der Waals surface area contributed by atoms with Gasteiger partial charge in [0.1, 0.15) is 5.78 Å². The van der Waals surface area contributed by atoms with E-state index in [2.05, 4.69) is 0 Å². The van der Waals surface area contributed by atoms with Crippen LogP contribution in [0.3, 0.4) is 0 Å². The Labute approximate surface area is 105 Å². The van der Waals surface area contributed by atoms with E-state index in [1.54, 1.807) is 0 Å². The van der Waals surface area contributed by atoms with Crippen LogP contribution in [0.25, 0.3) is 0 Å². The van der Waals surface area contributed by atoms with Crippen molar-refractivity contribution in [2.45, 2.75) is 39.7 Å². The smallest absolute Gasteiger partial charge is 0.146 e. The van der Waals surface area contributed by atoms with E-state index >= 15 is 0 Å². The summed E-state index contributed by atoms with van der Waals surface area (Å²) < 4.78 is 0. The van der Waals surface area contributed by atoms with Gasteiger partial charge in [-0.3, -0.25) is 10.2 Å². The van der Waals surface area contributed by atoms with Gasteiger partial charge >= 0.3 is 0 Å². The van der Waals surface area contributed by atoms with Crippen LogP contribution in [0.1, 0.15) is 33.6 Å². The minimum atomic E-state index is -0.380. The van der Waals surface area contributed by atoms with Gasteiger partial charge in [0.05, 0.1) is 11.9 Å². The number of carbonyl (C=O) groups is 1. The summed E-state index contributed by atoms with van der Waals surface area (Å²) in [7, 11) is 0. The molecular formula is C8H19N3OY. The summed E-state index contributed by atoms with van der Waals surface area (Å²) in [6.07, 6.45) is 1.87.